The third-order valence-electron chi connectivity index (χ3n) is 4.15. The fourth-order valence-electron chi connectivity index (χ4n) is 2.86. The first-order valence-corrected chi connectivity index (χ1v) is 11.6. The predicted octanol–water partition coefficient (Wildman–Crippen LogP) is -0.726. The molecule has 29 heavy (non-hydrogen) atoms. The maximum atomic E-state index is 10.8. The summed E-state index contributed by atoms with van der Waals surface area (Å²) in [7, 11) is -8.73. The average Bonchev–Trinajstić information content (AvgIpc) is 3.19. The molecule has 0 saturated carbocycles. The normalized spacial score (nSPS) is 23.0. The van der Waals surface area contributed by atoms with E-state index in [9.17, 15) is 18.1 Å². The van der Waals surface area contributed by atoms with Crippen LogP contribution in [-0.4, -0.2) is 78.5 Å². The number of anilines is 1. The second-order valence-electron chi connectivity index (χ2n) is 6.33. The number of hydrogen-bond acceptors (Lipinski definition) is 10. The van der Waals surface area contributed by atoms with Crippen LogP contribution in [0, 0.1) is 0 Å². The highest BCUT2D eigenvalue weighted by atomic mass is 32.2. The number of phosphoric ester groups is 1. The van der Waals surface area contributed by atoms with Gasteiger partial charge in [0.1, 0.15) is 18.7 Å². The van der Waals surface area contributed by atoms with Gasteiger partial charge in [-0.3, -0.25) is 13.6 Å². The summed E-state index contributed by atoms with van der Waals surface area (Å²) in [5, 5.41) is 13.0. The number of hydrogen-bond donors (Lipinski definition) is 5. The zero-order chi connectivity index (χ0) is 21.2. The van der Waals surface area contributed by atoms with Crippen molar-refractivity contribution in [1.29, 1.82) is 0 Å². The molecule has 0 unspecified atom stereocenters. The molecule has 0 radical (unpaired) electrons. The first-order chi connectivity index (χ1) is 13.5. The fourth-order valence-corrected chi connectivity index (χ4v) is 3.71. The molecule has 0 spiro atoms. The Labute approximate surface area is 164 Å². The van der Waals surface area contributed by atoms with Crippen LogP contribution in [0.4, 0.5) is 5.82 Å². The van der Waals surface area contributed by atoms with Crippen molar-refractivity contribution in [3.63, 3.8) is 0 Å². The van der Waals surface area contributed by atoms with Crippen molar-refractivity contribution >= 4 is 34.9 Å². The average molecular weight is 453 g/mol. The van der Waals surface area contributed by atoms with Crippen LogP contribution >= 0.6 is 7.82 Å². The summed E-state index contributed by atoms with van der Waals surface area (Å²) in [6, 6.07) is 0. The molecule has 0 amide bonds. The molecule has 1 aliphatic rings. The minimum Gasteiger partial charge on any atom is -0.390 e. The van der Waals surface area contributed by atoms with Crippen LogP contribution < -0.4 is 5.32 Å². The Balaban J connectivity index is 1.69. The van der Waals surface area contributed by atoms with Crippen LogP contribution in [0.3, 0.4) is 0 Å². The van der Waals surface area contributed by atoms with Crippen molar-refractivity contribution in [2.45, 2.75) is 31.3 Å². The Morgan fingerprint density at radius 3 is 2.79 bits per heavy atom. The Bertz CT molecular complexity index is 1010. The lowest BCUT2D eigenvalue weighted by molar-refractivity contribution is -0.0424. The molecule has 2 aromatic rings. The van der Waals surface area contributed by atoms with Crippen LogP contribution in [-0.2, 0) is 23.9 Å². The topological polar surface area (TPSA) is 206 Å². The summed E-state index contributed by atoms with van der Waals surface area (Å²) in [5.41, 5.74) is 0.762. The number of ether oxygens (including phenoxy) is 1. The van der Waals surface area contributed by atoms with E-state index >= 15 is 0 Å². The number of aromatic nitrogens is 4. The smallest absolute Gasteiger partial charge is 0.390 e. The van der Waals surface area contributed by atoms with Crippen molar-refractivity contribution in [3.8, 4) is 0 Å². The van der Waals surface area contributed by atoms with E-state index in [4.69, 9.17) is 19.1 Å². The lowest BCUT2D eigenvalue weighted by atomic mass is 10.2. The van der Waals surface area contributed by atoms with Crippen LogP contribution in [0.15, 0.2) is 12.7 Å². The van der Waals surface area contributed by atoms with Gasteiger partial charge in [-0.1, -0.05) is 0 Å². The van der Waals surface area contributed by atoms with Gasteiger partial charge in [-0.25, -0.2) is 19.5 Å². The van der Waals surface area contributed by atoms with Crippen molar-refractivity contribution in [2.24, 2.45) is 0 Å². The van der Waals surface area contributed by atoms with Gasteiger partial charge >= 0.3 is 7.82 Å². The van der Waals surface area contributed by atoms with E-state index in [2.05, 4.69) is 24.8 Å². The largest absolute Gasteiger partial charge is 0.469 e. The molecule has 16 heteroatoms. The third kappa shape index (κ3) is 5.90. The van der Waals surface area contributed by atoms with Crippen LogP contribution in [0.2, 0.25) is 0 Å². The lowest BCUT2D eigenvalue weighted by Crippen LogP contribution is -2.25. The molecule has 3 heterocycles. The maximum absolute atomic E-state index is 10.8. The summed E-state index contributed by atoms with van der Waals surface area (Å²) in [6.07, 6.45) is 0.334. The number of phosphoric acid groups is 1. The molecule has 0 aliphatic carbocycles. The van der Waals surface area contributed by atoms with E-state index in [0.29, 0.717) is 17.0 Å². The Kier molecular flexibility index (Phi) is 6.50. The van der Waals surface area contributed by atoms with Gasteiger partial charge in [0.15, 0.2) is 17.0 Å². The SMILES string of the molecule is O=P(O)(O)OC[C@H]1O[C@@H](n2cnc3c(NCCCS(=O)(=O)O)ncnc32)C[C@H]1O. The van der Waals surface area contributed by atoms with Crippen molar-refractivity contribution in [2.75, 3.05) is 24.2 Å². The standard InChI is InChI=1S/C13H20N5O9PS/c19-8-4-10(27-9(8)5-26-28(20,21)22)18-7-17-11-12(15-6-16-13(11)18)14-2-1-3-29(23,24)25/h6-10,19H,1-5H2,(H,14,15,16)(H2,20,21,22)(H,23,24,25)/t8-,9-,10-/m1/s1. The maximum Gasteiger partial charge on any atom is 0.469 e. The van der Waals surface area contributed by atoms with Gasteiger partial charge in [-0.2, -0.15) is 8.42 Å². The highest BCUT2D eigenvalue weighted by Crippen LogP contribution is 2.38. The first-order valence-electron chi connectivity index (χ1n) is 8.44. The molecule has 162 valence electrons. The molecule has 1 aliphatic heterocycles. The van der Waals surface area contributed by atoms with Crippen molar-refractivity contribution < 1.29 is 41.7 Å². The van der Waals surface area contributed by atoms with Gasteiger partial charge in [0.25, 0.3) is 10.1 Å². The highest BCUT2D eigenvalue weighted by molar-refractivity contribution is 7.85. The zero-order valence-electron chi connectivity index (χ0n) is 14.9. The summed E-state index contributed by atoms with van der Waals surface area (Å²) < 4.78 is 52.7. The molecule has 1 saturated heterocycles. The van der Waals surface area contributed by atoms with Gasteiger partial charge in [-0.15, -0.1) is 0 Å². The molecule has 0 bridgehead atoms. The molecular weight excluding hydrogens is 433 g/mol. The van der Waals surface area contributed by atoms with Gasteiger partial charge in [-0.05, 0) is 6.42 Å². The number of rotatable bonds is 9. The summed E-state index contributed by atoms with van der Waals surface area (Å²) in [4.78, 5) is 30.0. The number of fused-ring (bicyclic) bond motifs is 1. The summed E-state index contributed by atoms with van der Waals surface area (Å²) in [6.45, 7) is -0.261. The van der Waals surface area contributed by atoms with Gasteiger partial charge < -0.3 is 24.9 Å². The zero-order valence-corrected chi connectivity index (χ0v) is 16.6. The van der Waals surface area contributed by atoms with E-state index < -0.39 is 48.7 Å². The summed E-state index contributed by atoms with van der Waals surface area (Å²) >= 11 is 0. The van der Waals surface area contributed by atoms with Gasteiger partial charge in [0.2, 0.25) is 0 Å². The van der Waals surface area contributed by atoms with Crippen LogP contribution in [0.5, 0.6) is 0 Å². The number of aliphatic hydroxyl groups excluding tert-OH is 1. The quantitative estimate of drug-likeness (QED) is 0.181. The Morgan fingerprint density at radius 1 is 1.34 bits per heavy atom. The Morgan fingerprint density at radius 2 is 2.10 bits per heavy atom. The second kappa shape index (κ2) is 8.57. The fraction of sp³-hybridized carbons (Fsp3) is 0.615. The molecule has 5 N–H and O–H groups in total. The van der Waals surface area contributed by atoms with Gasteiger partial charge in [0.05, 0.1) is 24.8 Å². The monoisotopic (exact) mass is 453 g/mol. The molecule has 3 atom stereocenters. The number of nitrogens with zero attached hydrogens (tertiary/aromatic N) is 4. The van der Waals surface area contributed by atoms with Crippen LogP contribution in [0.1, 0.15) is 19.1 Å². The third-order valence-corrected chi connectivity index (χ3v) is 5.44. The van der Waals surface area contributed by atoms with Crippen molar-refractivity contribution in [3.05, 3.63) is 12.7 Å². The van der Waals surface area contributed by atoms with E-state index in [0.717, 1.165) is 0 Å². The lowest BCUT2D eigenvalue weighted by Gasteiger charge is -2.16. The van der Waals surface area contributed by atoms with E-state index in [1.807, 2.05) is 0 Å². The van der Waals surface area contributed by atoms with E-state index in [-0.39, 0.29) is 19.4 Å². The minimum atomic E-state index is -4.69. The minimum absolute atomic E-state index is 0.127. The molecule has 14 nitrogen and oxygen atoms in total. The second-order valence-corrected chi connectivity index (χ2v) is 9.14. The van der Waals surface area contributed by atoms with Crippen molar-refractivity contribution in [1.82, 2.24) is 19.5 Å². The number of nitrogens with one attached hydrogen (secondary N) is 1. The molecule has 0 aromatic carbocycles. The number of aliphatic hydroxyl groups is 1. The van der Waals surface area contributed by atoms with Crippen LogP contribution in [0.25, 0.3) is 11.2 Å². The predicted molar refractivity (Wildman–Crippen MR) is 97.4 cm³/mol. The van der Waals surface area contributed by atoms with Gasteiger partial charge in [0, 0.05) is 13.0 Å². The Hall–Kier alpha value is -1.71. The highest BCUT2D eigenvalue weighted by Gasteiger charge is 2.37. The summed E-state index contributed by atoms with van der Waals surface area (Å²) in [5.74, 6) is -0.0434. The molecule has 1 fully saturated rings. The molecular formula is C13H20N5O9PS. The van der Waals surface area contributed by atoms with E-state index in [1.54, 1.807) is 4.57 Å². The molecule has 3 rings (SSSR count). The van der Waals surface area contributed by atoms with E-state index in [1.165, 1.54) is 12.7 Å². The molecule has 2 aromatic heterocycles. The first kappa shape index (κ1) is 22.0. The number of imidazole rings is 1.